The molecule has 0 nitrogen and oxygen atoms in total. The van der Waals surface area contributed by atoms with Crippen LogP contribution in [-0.2, 0) is 0 Å². The molecule has 0 atom stereocenters. The lowest BCUT2D eigenvalue weighted by molar-refractivity contribution is 0.246. The fourth-order valence-electron chi connectivity index (χ4n) is 4.76. The minimum Gasteiger partial charge on any atom is -0.0933 e. The van der Waals surface area contributed by atoms with Gasteiger partial charge in [0.05, 0.1) is 0 Å². The predicted molar refractivity (Wildman–Crippen MR) is 109 cm³/mol. The summed E-state index contributed by atoms with van der Waals surface area (Å²) in [5.41, 5.74) is 3.26. The highest BCUT2D eigenvalue weighted by Gasteiger charge is 2.24. The maximum atomic E-state index is 5.71. The molecule has 2 aliphatic carbocycles. The zero-order valence-corrected chi connectivity index (χ0v) is 16.9. The van der Waals surface area contributed by atoms with Crippen molar-refractivity contribution in [2.24, 2.45) is 17.8 Å². The molecule has 0 saturated heterocycles. The molecule has 1 aromatic rings. The van der Waals surface area contributed by atoms with Crippen molar-refractivity contribution in [2.45, 2.75) is 70.1 Å². The first-order chi connectivity index (χ1) is 11.7. The molecule has 0 bridgehead atoms. The highest BCUT2D eigenvalue weighted by molar-refractivity contribution is 9.10. The van der Waals surface area contributed by atoms with Crippen molar-refractivity contribution in [3.63, 3.8) is 0 Å². The molecule has 2 saturated carbocycles. The Morgan fingerprint density at radius 3 is 1.92 bits per heavy atom. The lowest BCUT2D eigenvalue weighted by atomic mass is 9.74. The third-order valence-corrected chi connectivity index (χ3v) is 7.08. The van der Waals surface area contributed by atoms with E-state index in [1.54, 1.807) is 11.1 Å². The van der Waals surface area contributed by atoms with Crippen LogP contribution in [0.25, 0.3) is 0 Å². The molecule has 3 rings (SSSR count). The summed E-state index contributed by atoms with van der Waals surface area (Å²) in [4.78, 5) is 0. The van der Waals surface area contributed by atoms with Crippen molar-refractivity contribution in [3.8, 4) is 0 Å². The van der Waals surface area contributed by atoms with E-state index in [1.165, 1.54) is 68.7 Å². The van der Waals surface area contributed by atoms with Gasteiger partial charge in [-0.3, -0.25) is 0 Å². The summed E-state index contributed by atoms with van der Waals surface area (Å²) in [7, 11) is 0. The van der Waals surface area contributed by atoms with E-state index < -0.39 is 0 Å². The Labute approximate surface area is 161 Å². The molecule has 132 valence electrons. The number of halogens is 2. The van der Waals surface area contributed by atoms with Gasteiger partial charge in [-0.25, -0.2) is 0 Å². The van der Waals surface area contributed by atoms with E-state index in [1.807, 2.05) is 0 Å². The number of hydrogen-bond acceptors (Lipinski definition) is 0. The molecule has 2 heteroatoms. The predicted octanol–water partition coefficient (Wildman–Crippen LogP) is 8.06. The summed E-state index contributed by atoms with van der Waals surface area (Å²) in [6.45, 7) is 0. The van der Waals surface area contributed by atoms with Crippen LogP contribution in [0.15, 0.2) is 40.3 Å². The monoisotopic (exact) mass is 408 g/mol. The van der Waals surface area contributed by atoms with Crippen molar-refractivity contribution in [1.82, 2.24) is 0 Å². The van der Waals surface area contributed by atoms with Crippen LogP contribution >= 0.6 is 27.5 Å². The smallest absolute Gasteiger partial charge is 0.0175 e. The number of rotatable bonds is 5. The molecule has 24 heavy (non-hydrogen) atoms. The number of allylic oxidation sites excluding steroid dienone is 1. The second kappa shape index (κ2) is 9.43. The molecule has 0 spiro atoms. The van der Waals surface area contributed by atoms with E-state index in [4.69, 9.17) is 11.6 Å². The van der Waals surface area contributed by atoms with Crippen LogP contribution in [0.1, 0.15) is 75.7 Å². The molecule has 0 aromatic heterocycles. The van der Waals surface area contributed by atoms with Crippen molar-refractivity contribution in [3.05, 3.63) is 45.9 Å². The molecular formula is C22H30BrCl. The number of benzene rings is 1. The highest BCUT2D eigenvalue weighted by atomic mass is 79.9. The topological polar surface area (TPSA) is 0 Å². The zero-order valence-electron chi connectivity index (χ0n) is 14.6. The lowest BCUT2D eigenvalue weighted by Crippen LogP contribution is -2.17. The van der Waals surface area contributed by atoms with Gasteiger partial charge >= 0.3 is 0 Å². The van der Waals surface area contributed by atoms with E-state index in [9.17, 15) is 0 Å². The van der Waals surface area contributed by atoms with E-state index in [0.717, 1.165) is 23.7 Å². The third-order valence-electron chi connectivity index (χ3n) is 6.41. The summed E-state index contributed by atoms with van der Waals surface area (Å²) in [5, 5.41) is 0. The van der Waals surface area contributed by atoms with E-state index in [2.05, 4.69) is 46.3 Å². The van der Waals surface area contributed by atoms with Crippen LogP contribution in [0.4, 0.5) is 0 Å². The standard InChI is InChI=1S/C22H30BrCl/c23-22-13-11-21(12-14-22)20-9-7-18(8-10-20)2-1-17-3-5-19(6-4-17)15-16-24/h11-20H,1-10H2/b16-15+. The zero-order chi connectivity index (χ0) is 16.8. The third kappa shape index (κ3) is 5.36. The van der Waals surface area contributed by atoms with Gasteiger partial charge in [-0.1, -0.05) is 58.6 Å². The van der Waals surface area contributed by atoms with Gasteiger partial charge in [0.2, 0.25) is 0 Å². The first-order valence-electron chi connectivity index (χ1n) is 9.77. The SMILES string of the molecule is Cl/C=C/C1CCC(CCC2CCC(c3ccc(Br)cc3)CC2)CC1. The molecular weight excluding hydrogens is 380 g/mol. The van der Waals surface area contributed by atoms with Crippen LogP contribution in [0.2, 0.25) is 0 Å². The van der Waals surface area contributed by atoms with Crippen molar-refractivity contribution < 1.29 is 0 Å². The van der Waals surface area contributed by atoms with Crippen molar-refractivity contribution in [2.75, 3.05) is 0 Å². The molecule has 0 radical (unpaired) electrons. The van der Waals surface area contributed by atoms with Crippen LogP contribution in [0.5, 0.6) is 0 Å². The Morgan fingerprint density at radius 2 is 1.38 bits per heavy atom. The summed E-state index contributed by atoms with van der Waals surface area (Å²) in [6, 6.07) is 9.00. The molecule has 0 unspecified atom stereocenters. The molecule has 0 amide bonds. The van der Waals surface area contributed by atoms with E-state index in [0.29, 0.717) is 0 Å². The van der Waals surface area contributed by atoms with Gasteiger partial charge < -0.3 is 0 Å². The minimum absolute atomic E-state index is 0.750. The lowest BCUT2D eigenvalue weighted by Gasteiger charge is -2.31. The Kier molecular flexibility index (Phi) is 7.28. The van der Waals surface area contributed by atoms with Crippen LogP contribution in [-0.4, -0.2) is 0 Å². The molecule has 1 aromatic carbocycles. The summed E-state index contributed by atoms with van der Waals surface area (Å²) in [6.07, 6.45) is 16.3. The highest BCUT2D eigenvalue weighted by Crippen LogP contribution is 2.40. The van der Waals surface area contributed by atoms with Gasteiger partial charge in [0.25, 0.3) is 0 Å². The fraction of sp³-hybridized carbons (Fsp3) is 0.636. The first kappa shape index (κ1) is 18.5. The van der Waals surface area contributed by atoms with Crippen molar-refractivity contribution >= 4 is 27.5 Å². The average molecular weight is 410 g/mol. The molecule has 2 fully saturated rings. The molecule has 0 heterocycles. The second-order valence-electron chi connectivity index (χ2n) is 7.95. The maximum absolute atomic E-state index is 5.71. The Hall–Kier alpha value is -0.270. The van der Waals surface area contributed by atoms with Gasteiger partial charge in [0.1, 0.15) is 0 Å². The fourth-order valence-corrected chi connectivity index (χ4v) is 5.23. The quantitative estimate of drug-likeness (QED) is 0.461. The van der Waals surface area contributed by atoms with Crippen LogP contribution in [0.3, 0.4) is 0 Å². The van der Waals surface area contributed by atoms with Crippen LogP contribution in [0, 0.1) is 17.8 Å². The first-order valence-corrected chi connectivity index (χ1v) is 11.0. The summed E-state index contributed by atoms with van der Waals surface area (Å²) < 4.78 is 1.19. The van der Waals surface area contributed by atoms with E-state index >= 15 is 0 Å². The minimum atomic E-state index is 0.750. The summed E-state index contributed by atoms with van der Waals surface area (Å²) in [5.74, 6) is 3.51. The van der Waals surface area contributed by atoms with Gasteiger partial charge in [0, 0.05) is 10.0 Å². The normalized spacial score (nSPS) is 31.4. The Balaban J connectivity index is 1.36. The average Bonchev–Trinajstić information content (AvgIpc) is 2.63. The van der Waals surface area contributed by atoms with Gasteiger partial charge in [-0.05, 0) is 92.7 Å². The molecule has 2 aliphatic rings. The van der Waals surface area contributed by atoms with Gasteiger partial charge in [-0.15, -0.1) is 0 Å². The molecule has 0 N–H and O–H groups in total. The Morgan fingerprint density at radius 1 is 0.833 bits per heavy atom. The maximum Gasteiger partial charge on any atom is 0.0175 e. The van der Waals surface area contributed by atoms with E-state index in [-0.39, 0.29) is 0 Å². The van der Waals surface area contributed by atoms with Gasteiger partial charge in [-0.2, -0.15) is 0 Å². The van der Waals surface area contributed by atoms with Crippen molar-refractivity contribution in [1.29, 1.82) is 0 Å². The Bertz CT molecular complexity index is 505. The van der Waals surface area contributed by atoms with Gasteiger partial charge in [0.15, 0.2) is 0 Å². The van der Waals surface area contributed by atoms with Crippen LogP contribution < -0.4 is 0 Å². The largest absolute Gasteiger partial charge is 0.0933 e. The summed E-state index contributed by atoms with van der Waals surface area (Å²) >= 11 is 9.25. The number of hydrogen-bond donors (Lipinski definition) is 0. The molecule has 0 aliphatic heterocycles. The second-order valence-corrected chi connectivity index (χ2v) is 9.11.